The summed E-state index contributed by atoms with van der Waals surface area (Å²) in [7, 11) is -5.04. The Morgan fingerprint density at radius 1 is 1.21 bits per heavy atom. The Kier molecular flexibility index (Phi) is 9.94. The number of carbonyl (C=O) groups excluding carboxylic acids is 2. The van der Waals surface area contributed by atoms with Gasteiger partial charge < -0.3 is 36.8 Å². The fourth-order valence-electron chi connectivity index (χ4n) is 6.43. The van der Waals surface area contributed by atoms with Gasteiger partial charge in [0, 0.05) is 23.5 Å². The van der Waals surface area contributed by atoms with Crippen LogP contribution in [-0.2, 0) is 53.3 Å². The molecule has 9 N–H and O–H groups in total. The number of hydroxylamine groups is 2. The number of aryl methyl sites for hydroxylation is 2. The molecule has 3 aliphatic rings. The van der Waals surface area contributed by atoms with Crippen LogP contribution in [0.25, 0.3) is 0 Å². The lowest BCUT2D eigenvalue weighted by atomic mass is 9.84. The van der Waals surface area contributed by atoms with E-state index in [-0.39, 0.29) is 29.1 Å². The van der Waals surface area contributed by atoms with Gasteiger partial charge in [-0.15, -0.1) is 15.6 Å². The van der Waals surface area contributed by atoms with Crippen molar-refractivity contribution in [3.05, 3.63) is 75.3 Å². The van der Waals surface area contributed by atoms with Crippen LogP contribution < -0.4 is 26.8 Å². The Morgan fingerprint density at radius 2 is 1.94 bits per heavy atom. The molecule has 2 amide bonds. The van der Waals surface area contributed by atoms with E-state index in [4.69, 9.17) is 31.0 Å². The summed E-state index contributed by atoms with van der Waals surface area (Å²) in [5.41, 5.74) is 12.5. The molecule has 18 nitrogen and oxygen atoms in total. The number of amides is 2. The van der Waals surface area contributed by atoms with Gasteiger partial charge in [0.2, 0.25) is 0 Å². The zero-order chi connectivity index (χ0) is 38.5. The first kappa shape index (κ1) is 37.6. The first-order valence-corrected chi connectivity index (χ1v) is 18.6. The van der Waals surface area contributed by atoms with Gasteiger partial charge in [-0.25, -0.2) is 9.78 Å². The van der Waals surface area contributed by atoms with Gasteiger partial charge in [-0.2, -0.15) is 13.5 Å². The average Bonchev–Trinajstić information content (AvgIpc) is 3.71. The maximum atomic E-state index is 13.5. The number of aliphatic carboxylic acids is 1. The van der Waals surface area contributed by atoms with Crippen LogP contribution >= 0.6 is 11.3 Å². The monoisotopic (exact) mass is 770 g/mol. The minimum atomic E-state index is -5.04. The predicted octanol–water partition coefficient (Wildman–Crippen LogP) is 1.58. The van der Waals surface area contributed by atoms with E-state index in [1.165, 1.54) is 37.3 Å². The zero-order valence-electron chi connectivity index (χ0n) is 28.8. The van der Waals surface area contributed by atoms with E-state index in [2.05, 4.69) is 31.1 Å². The molecule has 2 aromatic carbocycles. The molecule has 0 spiro atoms. The molecule has 1 aromatic heterocycles. The summed E-state index contributed by atoms with van der Waals surface area (Å²) in [6, 6.07) is 10.0. The van der Waals surface area contributed by atoms with E-state index in [0.717, 1.165) is 35.3 Å². The summed E-state index contributed by atoms with van der Waals surface area (Å²) >= 11 is 0.961. The third kappa shape index (κ3) is 7.53. The van der Waals surface area contributed by atoms with Crippen LogP contribution in [0, 0.1) is 5.41 Å². The van der Waals surface area contributed by atoms with Crippen molar-refractivity contribution in [2.24, 2.45) is 10.9 Å². The van der Waals surface area contributed by atoms with E-state index < -0.39 is 57.2 Å². The van der Waals surface area contributed by atoms with Crippen LogP contribution in [0.5, 0.6) is 5.75 Å². The van der Waals surface area contributed by atoms with Crippen molar-refractivity contribution in [2.75, 3.05) is 5.73 Å². The number of hydrogen-bond donors (Lipinski definition) is 7. The molecule has 0 radical (unpaired) electrons. The quantitative estimate of drug-likeness (QED) is 0.0453. The number of nitrogen functional groups attached to an aromatic ring is 1. The largest absolute Gasteiger partial charge is 0.485 e. The van der Waals surface area contributed by atoms with Gasteiger partial charge in [0.25, 0.3) is 17.4 Å². The molecule has 1 aliphatic carbocycles. The van der Waals surface area contributed by atoms with Crippen molar-refractivity contribution >= 4 is 56.2 Å². The summed E-state index contributed by atoms with van der Waals surface area (Å²) in [6.07, 6.45) is 1.32. The maximum absolute atomic E-state index is 13.5. The number of nitrogens with zero attached hydrogens (tertiary/aromatic N) is 3. The molecule has 20 heteroatoms. The molecular formula is C33H38N8O10S2. The van der Waals surface area contributed by atoms with Crippen LogP contribution in [-0.4, -0.2) is 80.7 Å². The number of nitrogens with two attached hydrogens (primary N) is 2. The number of aromatic nitrogens is 1. The molecule has 1 fully saturated rings. The summed E-state index contributed by atoms with van der Waals surface area (Å²) < 4.78 is 41.8. The lowest BCUT2D eigenvalue weighted by molar-refractivity contribution is -0.218. The molecule has 6 rings (SSSR count). The number of hydrogen-bond acceptors (Lipinski definition) is 14. The molecule has 3 unspecified atom stereocenters. The van der Waals surface area contributed by atoms with Crippen molar-refractivity contribution in [2.45, 2.75) is 82.3 Å². The molecule has 0 saturated carbocycles. The zero-order valence-corrected chi connectivity index (χ0v) is 30.4. The second-order valence-corrected chi connectivity index (χ2v) is 15.5. The van der Waals surface area contributed by atoms with Crippen LogP contribution in [0.4, 0.5) is 5.13 Å². The SMILES string of the molecule is CC(ON=C(C(=O)NC1C(=O)N(OS(=O)(=O)O)C1(C)C)c1csc(N)n1)(C(=O)O)C1CCc2cc(C(=N)NCc3ccc4c(c3)CC[C@@H]4N)ccc2O1. The van der Waals surface area contributed by atoms with Crippen molar-refractivity contribution < 1.29 is 46.3 Å². The summed E-state index contributed by atoms with van der Waals surface area (Å²) in [6.45, 7) is 4.43. The van der Waals surface area contributed by atoms with E-state index >= 15 is 0 Å². The van der Waals surface area contributed by atoms with E-state index in [1.54, 1.807) is 18.2 Å². The minimum absolute atomic E-state index is 0.0533. The third-order valence-corrected chi connectivity index (χ3v) is 10.6. The lowest BCUT2D eigenvalue weighted by Gasteiger charge is -2.50. The normalized spacial score (nSPS) is 21.7. The Morgan fingerprint density at radius 3 is 2.60 bits per heavy atom. The molecule has 3 heterocycles. The molecule has 1 saturated heterocycles. The van der Waals surface area contributed by atoms with Gasteiger partial charge in [0.1, 0.15) is 23.3 Å². The predicted molar refractivity (Wildman–Crippen MR) is 190 cm³/mol. The smallest absolute Gasteiger partial charge is 0.418 e. The van der Waals surface area contributed by atoms with Gasteiger partial charge in [0.05, 0.1) is 5.54 Å². The highest BCUT2D eigenvalue weighted by Gasteiger charge is 2.58. The van der Waals surface area contributed by atoms with Crippen LogP contribution in [0.15, 0.2) is 46.9 Å². The number of carboxylic acid groups (broad SMARTS) is 1. The lowest BCUT2D eigenvalue weighted by Crippen LogP contribution is -2.76. The van der Waals surface area contributed by atoms with Gasteiger partial charge in [-0.05, 0) is 86.9 Å². The molecule has 282 valence electrons. The van der Waals surface area contributed by atoms with Crippen molar-refractivity contribution in [3.63, 3.8) is 0 Å². The van der Waals surface area contributed by atoms with Crippen molar-refractivity contribution in [1.82, 2.24) is 20.7 Å². The molecular weight excluding hydrogens is 733 g/mol. The highest BCUT2D eigenvalue weighted by molar-refractivity contribution is 7.80. The topological polar surface area (TPSA) is 282 Å². The molecule has 4 atom stereocenters. The van der Waals surface area contributed by atoms with Gasteiger partial charge in [0.15, 0.2) is 16.9 Å². The Bertz CT molecular complexity index is 2140. The number of rotatable bonds is 12. The van der Waals surface area contributed by atoms with Crippen molar-refractivity contribution in [1.29, 1.82) is 5.41 Å². The van der Waals surface area contributed by atoms with E-state index in [9.17, 15) is 27.9 Å². The Hall–Kier alpha value is -5.15. The van der Waals surface area contributed by atoms with Crippen LogP contribution in [0.1, 0.15) is 73.2 Å². The second kappa shape index (κ2) is 14.0. The highest BCUT2D eigenvalue weighted by Crippen LogP contribution is 2.36. The molecule has 53 heavy (non-hydrogen) atoms. The number of nitrogens with one attached hydrogen (secondary N) is 3. The molecule has 2 aliphatic heterocycles. The summed E-state index contributed by atoms with van der Waals surface area (Å²) in [5.74, 6) is -2.88. The molecule has 0 bridgehead atoms. The number of oxime groups is 1. The van der Waals surface area contributed by atoms with Crippen LogP contribution in [0.3, 0.4) is 0 Å². The van der Waals surface area contributed by atoms with E-state index in [1.807, 2.05) is 12.1 Å². The van der Waals surface area contributed by atoms with E-state index in [0.29, 0.717) is 29.3 Å². The number of thiazole rings is 1. The summed E-state index contributed by atoms with van der Waals surface area (Å²) in [4.78, 5) is 48.5. The van der Waals surface area contributed by atoms with Crippen LogP contribution in [0.2, 0.25) is 0 Å². The first-order chi connectivity index (χ1) is 24.9. The number of carbonyl (C=O) groups is 3. The fourth-order valence-corrected chi connectivity index (χ4v) is 7.44. The Labute approximate surface area is 307 Å². The number of amidine groups is 1. The number of benzene rings is 2. The van der Waals surface area contributed by atoms with Crippen molar-refractivity contribution in [3.8, 4) is 5.75 Å². The number of β-lactam (4-membered cyclic amide) rings is 1. The third-order valence-electron chi connectivity index (χ3n) is 9.56. The minimum Gasteiger partial charge on any atom is -0.485 e. The Balaban J connectivity index is 1.15. The highest BCUT2D eigenvalue weighted by atomic mass is 32.3. The number of anilines is 1. The first-order valence-electron chi connectivity index (χ1n) is 16.4. The fraction of sp³-hybridized carbons (Fsp3) is 0.394. The maximum Gasteiger partial charge on any atom is 0.418 e. The standard InChI is InChI=1S/C33H38N8O10S2/c1-32(2)26(29(43)41(32)51-53(46,47)48)39-28(42)25(22-15-52-31(36)38-22)40-50-33(3,30(44)45)24-11-7-18-13-19(6-10-23(18)49-24)27(35)37-14-16-4-8-20-17(12-16)5-9-21(20)34/h4,6,8,10,12-13,15,21,24,26H,5,7,9,11,14,34H2,1-3H3,(H2,35,37)(H2,36,38)(H,39,42)(H,44,45)(H,46,47,48)/t21-,24?,26?,33?/m0/s1. The summed E-state index contributed by atoms with van der Waals surface area (Å²) in [5, 5.41) is 30.2. The molecule has 3 aromatic rings. The second-order valence-electron chi connectivity index (χ2n) is 13.6. The number of ether oxygens (including phenoxy) is 1. The number of carboxylic acids is 1. The van der Waals surface area contributed by atoms with Gasteiger partial charge >= 0.3 is 16.4 Å². The van der Waals surface area contributed by atoms with Gasteiger partial charge in [-0.3, -0.25) is 19.6 Å². The number of fused-ring (bicyclic) bond motifs is 2. The average molecular weight is 771 g/mol. The van der Waals surface area contributed by atoms with Gasteiger partial charge in [-0.1, -0.05) is 23.4 Å².